The number of allylic oxidation sites excluding steroid dienone is 3. The molecular weight excluding hydrogens is 166 g/mol. The number of thioether (sulfide) groups is 1. The van der Waals surface area contributed by atoms with E-state index in [0.717, 1.165) is 15.0 Å². The van der Waals surface area contributed by atoms with Crippen LogP contribution in [0.1, 0.15) is 12.8 Å². The van der Waals surface area contributed by atoms with Crippen LogP contribution in [-0.4, -0.2) is 5.49 Å². The Bertz CT molecular complexity index is 220. The van der Waals surface area contributed by atoms with Crippen molar-refractivity contribution in [2.45, 2.75) is 12.8 Å². The van der Waals surface area contributed by atoms with E-state index in [1.807, 2.05) is 0 Å². The summed E-state index contributed by atoms with van der Waals surface area (Å²) in [5.74, 6) is 0.0675. The van der Waals surface area contributed by atoms with Crippen molar-refractivity contribution >= 4 is 20.3 Å². The van der Waals surface area contributed by atoms with Crippen molar-refractivity contribution in [1.29, 1.82) is 0 Å². The summed E-state index contributed by atoms with van der Waals surface area (Å²) in [5, 5.41) is 1.51. The molecule has 0 N–H and O–H groups in total. The van der Waals surface area contributed by atoms with Gasteiger partial charge in [-0.25, -0.2) is 4.39 Å². The Kier molecular flexibility index (Phi) is 1.84. The van der Waals surface area contributed by atoms with Crippen LogP contribution in [0.3, 0.4) is 0 Å². The van der Waals surface area contributed by atoms with Crippen LogP contribution in [0.4, 0.5) is 4.39 Å². The minimum absolute atomic E-state index is 0.0675. The van der Waals surface area contributed by atoms with Crippen LogP contribution < -0.4 is 0 Å². The molecule has 1 aliphatic heterocycles. The Hall–Kier alpha value is 0.190. The highest BCUT2D eigenvalue weighted by molar-refractivity contribution is 8.08. The lowest BCUT2D eigenvalue weighted by atomic mass is 10.2. The summed E-state index contributed by atoms with van der Waals surface area (Å²) >= 11 is 1.81. The fourth-order valence-corrected chi connectivity index (χ4v) is 4.25. The van der Waals surface area contributed by atoms with E-state index in [-0.39, 0.29) is 5.83 Å². The lowest BCUT2D eigenvalue weighted by Crippen LogP contribution is -1.86. The largest absolute Gasteiger partial charge is 0.212 e. The lowest BCUT2D eigenvalue weighted by Gasteiger charge is -2.07. The molecule has 0 bridgehead atoms. The van der Waals surface area contributed by atoms with Gasteiger partial charge in [-0.1, -0.05) is 8.58 Å². The van der Waals surface area contributed by atoms with Crippen molar-refractivity contribution in [2.24, 2.45) is 0 Å². The van der Waals surface area contributed by atoms with Crippen molar-refractivity contribution in [1.82, 2.24) is 0 Å². The van der Waals surface area contributed by atoms with Crippen LogP contribution in [-0.2, 0) is 0 Å². The van der Waals surface area contributed by atoms with E-state index in [1.165, 1.54) is 15.7 Å². The van der Waals surface area contributed by atoms with Gasteiger partial charge in [0.15, 0.2) is 0 Å². The zero-order valence-electron chi connectivity index (χ0n) is 5.48. The second-order valence-corrected chi connectivity index (χ2v) is 5.24. The zero-order chi connectivity index (χ0) is 6.97. The average molecular weight is 174 g/mol. The zero-order valence-corrected chi connectivity index (χ0v) is 7.30. The highest BCUT2D eigenvalue weighted by Gasteiger charge is 2.18. The molecule has 1 heterocycles. The van der Waals surface area contributed by atoms with Crippen LogP contribution in [0.25, 0.3) is 0 Å². The van der Waals surface area contributed by atoms with Gasteiger partial charge in [-0.2, -0.15) is 0 Å². The van der Waals surface area contributed by atoms with Crippen LogP contribution >= 0.6 is 20.3 Å². The second-order valence-electron chi connectivity index (χ2n) is 2.40. The fourth-order valence-electron chi connectivity index (χ4n) is 1.17. The molecule has 0 aromatic rings. The fraction of sp³-hybridized carbons (Fsp3) is 0.429. The van der Waals surface area contributed by atoms with Crippen molar-refractivity contribution in [3.05, 3.63) is 22.1 Å². The minimum atomic E-state index is 0.0675. The molecule has 2 rings (SSSR count). The van der Waals surface area contributed by atoms with E-state index in [1.54, 1.807) is 17.8 Å². The van der Waals surface area contributed by atoms with Gasteiger partial charge in [0, 0.05) is 16.8 Å². The molecule has 0 aromatic carbocycles. The normalized spacial score (nSPS) is 27.1. The monoisotopic (exact) mass is 174 g/mol. The van der Waals surface area contributed by atoms with E-state index in [2.05, 4.69) is 0 Å². The Labute approximate surface area is 65.7 Å². The molecule has 54 valence electrons. The van der Waals surface area contributed by atoms with Crippen molar-refractivity contribution in [3.8, 4) is 0 Å². The quantitative estimate of drug-likeness (QED) is 0.508. The molecule has 0 amide bonds. The first kappa shape index (κ1) is 6.87. The summed E-state index contributed by atoms with van der Waals surface area (Å²) < 4.78 is 12.6. The van der Waals surface area contributed by atoms with Crippen LogP contribution in [0.15, 0.2) is 22.1 Å². The summed E-state index contributed by atoms with van der Waals surface area (Å²) in [5.41, 5.74) is 1.19. The molecule has 10 heavy (non-hydrogen) atoms. The van der Waals surface area contributed by atoms with E-state index in [4.69, 9.17) is 0 Å². The molecule has 1 unspecified atom stereocenters. The summed E-state index contributed by atoms with van der Waals surface area (Å²) in [4.78, 5) is 1.22. The van der Waals surface area contributed by atoms with E-state index in [9.17, 15) is 4.39 Å². The van der Waals surface area contributed by atoms with Crippen molar-refractivity contribution in [3.63, 3.8) is 0 Å². The third kappa shape index (κ3) is 1.15. The average Bonchev–Trinajstić information content (AvgIpc) is 2.33. The van der Waals surface area contributed by atoms with Gasteiger partial charge in [0.25, 0.3) is 0 Å². The van der Waals surface area contributed by atoms with E-state index < -0.39 is 0 Å². The Balaban J connectivity index is 2.29. The van der Waals surface area contributed by atoms with Gasteiger partial charge in [0.05, 0.1) is 0 Å². The standard InChI is InChI=1S/C7H8FPS/c8-5-1-2-6-7(3-5)10-4-9-6/h3,9H,1-2,4H2. The molecule has 1 aliphatic carbocycles. The first-order chi connectivity index (χ1) is 4.86. The lowest BCUT2D eigenvalue weighted by molar-refractivity contribution is 0.586. The Morgan fingerprint density at radius 1 is 1.50 bits per heavy atom. The van der Waals surface area contributed by atoms with Gasteiger partial charge in [0.1, 0.15) is 5.83 Å². The first-order valence-corrected chi connectivity index (χ1v) is 5.51. The number of hydrogen-bond acceptors (Lipinski definition) is 1. The number of rotatable bonds is 0. The molecular formula is C7H8FPS. The summed E-state index contributed by atoms with van der Waals surface area (Å²) in [6.45, 7) is 0. The van der Waals surface area contributed by atoms with Crippen molar-refractivity contribution < 1.29 is 4.39 Å². The maximum absolute atomic E-state index is 12.6. The Morgan fingerprint density at radius 2 is 2.40 bits per heavy atom. The minimum Gasteiger partial charge on any atom is -0.212 e. The van der Waals surface area contributed by atoms with Crippen LogP contribution in [0.5, 0.6) is 0 Å². The summed E-state index contributed by atoms with van der Waals surface area (Å²) in [6.07, 6.45) is 3.33. The van der Waals surface area contributed by atoms with Gasteiger partial charge >= 0.3 is 0 Å². The van der Waals surface area contributed by atoms with Gasteiger partial charge in [-0.15, -0.1) is 11.8 Å². The highest BCUT2D eigenvalue weighted by atomic mass is 32.2. The van der Waals surface area contributed by atoms with Crippen LogP contribution in [0, 0.1) is 0 Å². The van der Waals surface area contributed by atoms with Crippen molar-refractivity contribution in [2.75, 3.05) is 5.49 Å². The SMILES string of the molecule is FC1=CC2=C(CC1)PCS2. The number of hydrogen-bond donors (Lipinski definition) is 0. The van der Waals surface area contributed by atoms with Gasteiger partial charge in [-0.05, 0) is 17.8 Å². The second kappa shape index (κ2) is 2.67. The molecule has 0 radical (unpaired) electrons. The van der Waals surface area contributed by atoms with Gasteiger partial charge in [-0.3, -0.25) is 0 Å². The smallest absolute Gasteiger partial charge is 0.101 e. The summed E-state index contributed by atoms with van der Waals surface area (Å²) in [6, 6.07) is 0. The number of halogens is 1. The Morgan fingerprint density at radius 3 is 3.30 bits per heavy atom. The molecule has 0 saturated carbocycles. The molecule has 0 spiro atoms. The predicted octanol–water partition coefficient (Wildman–Crippen LogP) is 3.23. The predicted molar refractivity (Wildman–Crippen MR) is 46.2 cm³/mol. The van der Waals surface area contributed by atoms with Gasteiger partial charge < -0.3 is 0 Å². The maximum Gasteiger partial charge on any atom is 0.101 e. The van der Waals surface area contributed by atoms with E-state index >= 15 is 0 Å². The molecule has 0 fully saturated rings. The maximum atomic E-state index is 12.6. The third-order valence-corrected chi connectivity index (χ3v) is 4.67. The highest BCUT2D eigenvalue weighted by Crippen LogP contribution is 2.49. The molecule has 0 aromatic heterocycles. The van der Waals surface area contributed by atoms with Gasteiger partial charge in [0.2, 0.25) is 0 Å². The molecule has 0 saturated heterocycles. The van der Waals surface area contributed by atoms with Crippen LogP contribution in [0.2, 0.25) is 0 Å². The summed E-state index contributed by atoms with van der Waals surface area (Å²) in [7, 11) is 0.959. The molecule has 1 atom stereocenters. The van der Waals surface area contributed by atoms with E-state index in [0.29, 0.717) is 6.42 Å². The topological polar surface area (TPSA) is 0 Å². The first-order valence-electron chi connectivity index (χ1n) is 3.32. The molecule has 3 heteroatoms. The molecule has 2 aliphatic rings. The molecule has 0 nitrogen and oxygen atoms in total. The third-order valence-electron chi connectivity index (χ3n) is 1.71.